The highest BCUT2D eigenvalue weighted by Crippen LogP contribution is 2.31. The normalized spacial score (nSPS) is 11.8. The molecule has 0 aliphatic carbocycles. The molecule has 0 saturated carbocycles. The Balaban J connectivity index is 1.50. The van der Waals surface area contributed by atoms with E-state index in [1.165, 1.54) is 17.3 Å². The van der Waals surface area contributed by atoms with Crippen LogP contribution >= 0.6 is 23.4 Å². The molecule has 4 rings (SSSR count). The van der Waals surface area contributed by atoms with Gasteiger partial charge in [-0.2, -0.15) is 0 Å². The molecule has 0 saturated heterocycles. The summed E-state index contributed by atoms with van der Waals surface area (Å²) >= 11 is 7.85. The van der Waals surface area contributed by atoms with Crippen LogP contribution in [0.25, 0.3) is 11.4 Å². The van der Waals surface area contributed by atoms with Crippen molar-refractivity contribution in [3.8, 4) is 11.4 Å². The lowest BCUT2D eigenvalue weighted by molar-refractivity contribution is -0.120. The molecule has 33 heavy (non-hydrogen) atoms. The van der Waals surface area contributed by atoms with Crippen molar-refractivity contribution in [3.05, 3.63) is 101 Å². The van der Waals surface area contributed by atoms with E-state index in [-0.39, 0.29) is 11.2 Å². The van der Waals surface area contributed by atoms with Crippen LogP contribution in [-0.4, -0.2) is 32.5 Å². The summed E-state index contributed by atoms with van der Waals surface area (Å²) in [6.07, 6.45) is 0.796. The molecule has 5 nitrogen and oxygen atoms in total. The molecule has 1 heterocycles. The zero-order chi connectivity index (χ0) is 23.0. The van der Waals surface area contributed by atoms with E-state index >= 15 is 0 Å². The van der Waals surface area contributed by atoms with Crippen LogP contribution in [0.3, 0.4) is 0 Å². The fourth-order valence-corrected chi connectivity index (χ4v) is 4.55. The van der Waals surface area contributed by atoms with E-state index in [1.807, 2.05) is 72.2 Å². The molecular weight excluding hydrogens is 452 g/mol. The second-order valence-corrected chi connectivity index (χ2v) is 9.36. The number of halogens is 1. The molecule has 0 aliphatic rings. The van der Waals surface area contributed by atoms with Gasteiger partial charge in [-0.1, -0.05) is 96.2 Å². The van der Waals surface area contributed by atoms with E-state index in [1.54, 1.807) is 0 Å². The Bertz CT molecular complexity index is 1200. The monoisotopic (exact) mass is 476 g/mol. The van der Waals surface area contributed by atoms with E-state index in [4.69, 9.17) is 11.6 Å². The number of hydrogen-bond donors (Lipinski definition) is 1. The van der Waals surface area contributed by atoms with Crippen LogP contribution in [0.5, 0.6) is 0 Å². The number of nitrogens with zero attached hydrogens (tertiary/aromatic N) is 3. The number of thioether (sulfide) groups is 1. The summed E-state index contributed by atoms with van der Waals surface area (Å²) in [5, 5.41) is 12.9. The summed E-state index contributed by atoms with van der Waals surface area (Å²) in [4.78, 5) is 12.7. The molecule has 1 amide bonds. The van der Waals surface area contributed by atoms with Gasteiger partial charge in [0.25, 0.3) is 0 Å². The van der Waals surface area contributed by atoms with Crippen molar-refractivity contribution < 1.29 is 4.79 Å². The van der Waals surface area contributed by atoms with Crippen molar-refractivity contribution in [2.75, 3.05) is 6.54 Å². The maximum atomic E-state index is 12.7. The molecule has 1 aromatic heterocycles. The molecule has 0 bridgehead atoms. The van der Waals surface area contributed by atoms with Crippen molar-refractivity contribution in [2.24, 2.45) is 0 Å². The summed E-state index contributed by atoms with van der Waals surface area (Å²) in [7, 11) is 0. The van der Waals surface area contributed by atoms with Crippen LogP contribution in [0.4, 0.5) is 0 Å². The SMILES string of the molecule is CC(Sc1nnc(-c2ccccc2Cl)n1Cc1ccccc1)C(=O)NCCc1ccccc1. The minimum Gasteiger partial charge on any atom is -0.355 e. The first-order chi connectivity index (χ1) is 16.1. The molecule has 168 valence electrons. The fourth-order valence-electron chi connectivity index (χ4n) is 3.46. The number of hydrogen-bond acceptors (Lipinski definition) is 4. The van der Waals surface area contributed by atoms with Gasteiger partial charge in [0.05, 0.1) is 16.8 Å². The highest BCUT2D eigenvalue weighted by molar-refractivity contribution is 8.00. The van der Waals surface area contributed by atoms with Gasteiger partial charge in [0.1, 0.15) is 0 Å². The number of rotatable bonds is 9. The second kappa shape index (κ2) is 11.2. The lowest BCUT2D eigenvalue weighted by atomic mass is 10.1. The molecule has 0 fully saturated rings. The minimum absolute atomic E-state index is 0.0236. The molecule has 0 aliphatic heterocycles. The van der Waals surface area contributed by atoms with Crippen molar-refractivity contribution in [3.63, 3.8) is 0 Å². The predicted molar refractivity (Wildman–Crippen MR) is 134 cm³/mol. The summed E-state index contributed by atoms with van der Waals surface area (Å²) in [5.41, 5.74) is 3.13. The number of carbonyl (C=O) groups excluding carboxylic acids is 1. The van der Waals surface area contributed by atoms with E-state index in [0.717, 1.165) is 17.5 Å². The smallest absolute Gasteiger partial charge is 0.233 e. The average Bonchev–Trinajstić information content (AvgIpc) is 3.22. The maximum Gasteiger partial charge on any atom is 0.233 e. The number of carbonyl (C=O) groups is 1. The van der Waals surface area contributed by atoms with Crippen molar-refractivity contribution >= 4 is 29.3 Å². The molecule has 1 unspecified atom stereocenters. The topological polar surface area (TPSA) is 59.8 Å². The second-order valence-electron chi connectivity index (χ2n) is 7.64. The molecule has 0 radical (unpaired) electrons. The number of benzene rings is 3. The van der Waals surface area contributed by atoms with Crippen molar-refractivity contribution in [1.29, 1.82) is 0 Å². The van der Waals surface area contributed by atoms with Gasteiger partial charge in [0, 0.05) is 12.1 Å². The summed E-state index contributed by atoms with van der Waals surface area (Å²) in [6.45, 7) is 3.06. The fraction of sp³-hybridized carbons (Fsp3) is 0.192. The first-order valence-electron chi connectivity index (χ1n) is 10.8. The van der Waals surface area contributed by atoms with Crippen LogP contribution in [0, 0.1) is 0 Å². The lowest BCUT2D eigenvalue weighted by Crippen LogP contribution is -2.32. The van der Waals surface area contributed by atoms with Gasteiger partial charge >= 0.3 is 0 Å². The molecule has 7 heteroatoms. The third-order valence-corrected chi connectivity index (χ3v) is 6.63. The van der Waals surface area contributed by atoms with Crippen LogP contribution in [0.1, 0.15) is 18.1 Å². The Hall–Kier alpha value is -3.09. The third-order valence-electron chi connectivity index (χ3n) is 5.22. The van der Waals surface area contributed by atoms with Gasteiger partial charge < -0.3 is 5.32 Å². The van der Waals surface area contributed by atoms with E-state index in [9.17, 15) is 4.79 Å². The number of nitrogens with one attached hydrogen (secondary N) is 1. The average molecular weight is 477 g/mol. The zero-order valence-corrected chi connectivity index (χ0v) is 19.9. The highest BCUT2D eigenvalue weighted by atomic mass is 35.5. The van der Waals surface area contributed by atoms with E-state index < -0.39 is 0 Å². The lowest BCUT2D eigenvalue weighted by Gasteiger charge is -2.14. The molecule has 0 spiro atoms. The quantitative estimate of drug-likeness (QED) is 0.325. The largest absolute Gasteiger partial charge is 0.355 e. The Labute approximate surface area is 203 Å². The summed E-state index contributed by atoms with van der Waals surface area (Å²) in [6, 6.07) is 27.8. The highest BCUT2D eigenvalue weighted by Gasteiger charge is 2.21. The van der Waals surface area contributed by atoms with Crippen molar-refractivity contribution in [1.82, 2.24) is 20.1 Å². The number of amides is 1. The minimum atomic E-state index is -0.321. The summed E-state index contributed by atoms with van der Waals surface area (Å²) < 4.78 is 2.02. The Morgan fingerprint density at radius 2 is 1.58 bits per heavy atom. The first kappa shape index (κ1) is 23.1. The standard InChI is InChI=1S/C26H25ClN4OS/c1-19(25(32)28-17-16-20-10-4-2-5-11-20)33-26-30-29-24(22-14-8-9-15-23(22)27)31(26)18-21-12-6-3-7-13-21/h2-15,19H,16-18H2,1H3,(H,28,32). The van der Waals surface area contributed by atoms with Crippen LogP contribution in [0.2, 0.25) is 5.02 Å². The molecule has 1 atom stereocenters. The van der Waals surface area contributed by atoms with Crippen LogP contribution in [0.15, 0.2) is 90.1 Å². The van der Waals surface area contributed by atoms with Gasteiger partial charge in [-0.3, -0.25) is 9.36 Å². The molecule has 1 N–H and O–H groups in total. The van der Waals surface area contributed by atoms with Gasteiger partial charge in [-0.15, -0.1) is 10.2 Å². The van der Waals surface area contributed by atoms with E-state index in [2.05, 4.69) is 39.8 Å². The summed E-state index contributed by atoms with van der Waals surface area (Å²) in [5.74, 6) is 0.660. The first-order valence-corrected chi connectivity index (χ1v) is 12.1. The van der Waals surface area contributed by atoms with Gasteiger partial charge in [0.15, 0.2) is 11.0 Å². The van der Waals surface area contributed by atoms with Crippen molar-refractivity contribution in [2.45, 2.75) is 30.3 Å². The molecular formula is C26H25ClN4OS. The van der Waals surface area contributed by atoms with Gasteiger partial charge in [-0.05, 0) is 36.6 Å². The molecule has 4 aromatic rings. The third kappa shape index (κ3) is 6.03. The Morgan fingerprint density at radius 1 is 0.939 bits per heavy atom. The predicted octanol–water partition coefficient (Wildman–Crippen LogP) is 5.49. The van der Waals surface area contributed by atoms with Gasteiger partial charge in [-0.25, -0.2) is 0 Å². The number of aromatic nitrogens is 3. The zero-order valence-electron chi connectivity index (χ0n) is 18.3. The van der Waals surface area contributed by atoms with Crippen LogP contribution in [-0.2, 0) is 17.8 Å². The van der Waals surface area contributed by atoms with E-state index in [0.29, 0.717) is 29.1 Å². The Morgan fingerprint density at radius 3 is 2.27 bits per heavy atom. The van der Waals surface area contributed by atoms with Gasteiger partial charge in [0.2, 0.25) is 5.91 Å². The maximum absolute atomic E-state index is 12.7. The Kier molecular flexibility index (Phi) is 7.81. The van der Waals surface area contributed by atoms with Crippen LogP contribution < -0.4 is 5.32 Å². The molecule has 3 aromatic carbocycles.